The van der Waals surface area contributed by atoms with Crippen LogP contribution in [0.15, 0.2) is 18.2 Å². The number of carbonyl (C=O) groups excluding carboxylic acids is 1. The number of nitrogens with zero attached hydrogens (tertiary/aromatic N) is 6. The third-order valence-corrected chi connectivity index (χ3v) is 6.48. The maximum atomic E-state index is 12.8. The Morgan fingerprint density at radius 2 is 1.97 bits per heavy atom. The normalized spacial score (nSPS) is 21.2. The van der Waals surface area contributed by atoms with Gasteiger partial charge in [-0.3, -0.25) is 14.9 Å². The molecule has 3 aliphatic rings. The summed E-state index contributed by atoms with van der Waals surface area (Å²) in [6.07, 6.45) is 3.99. The summed E-state index contributed by atoms with van der Waals surface area (Å²) in [7, 11) is 0. The summed E-state index contributed by atoms with van der Waals surface area (Å²) < 4.78 is 7.51. The molecule has 10 nitrogen and oxygen atoms in total. The van der Waals surface area contributed by atoms with E-state index in [1.165, 1.54) is 6.07 Å². The van der Waals surface area contributed by atoms with Crippen LogP contribution in [0.1, 0.15) is 47.2 Å². The monoisotopic (exact) mass is 426 g/mol. The van der Waals surface area contributed by atoms with Crippen molar-refractivity contribution in [3.63, 3.8) is 0 Å². The fraction of sp³-hybridized carbons (Fsp3) is 0.571. The van der Waals surface area contributed by atoms with Gasteiger partial charge in [0.2, 0.25) is 0 Å². The number of aryl methyl sites for hydroxylation is 1. The molecule has 2 aromatic rings. The van der Waals surface area contributed by atoms with Crippen molar-refractivity contribution >= 4 is 17.3 Å². The van der Waals surface area contributed by atoms with Crippen LogP contribution in [0.5, 0.6) is 0 Å². The molecule has 4 heterocycles. The summed E-state index contributed by atoms with van der Waals surface area (Å²) in [6.45, 7) is 4.36. The highest BCUT2D eigenvalue weighted by Crippen LogP contribution is 2.36. The predicted molar refractivity (Wildman–Crippen MR) is 112 cm³/mol. The number of fused-ring (bicyclic) bond motifs is 1. The number of rotatable bonds is 4. The van der Waals surface area contributed by atoms with Crippen molar-refractivity contribution in [1.82, 2.24) is 19.7 Å². The van der Waals surface area contributed by atoms with E-state index >= 15 is 0 Å². The predicted octanol–water partition coefficient (Wildman–Crippen LogP) is 1.99. The maximum absolute atomic E-state index is 12.8. The Hall–Kier alpha value is -3.01. The molecule has 2 saturated heterocycles. The van der Waals surface area contributed by atoms with Gasteiger partial charge in [0.1, 0.15) is 17.3 Å². The highest BCUT2D eigenvalue weighted by Gasteiger charge is 2.31. The number of nitro benzene ring substituents is 1. The molecule has 0 spiro atoms. The molecule has 3 aliphatic heterocycles. The highest BCUT2D eigenvalue weighted by molar-refractivity contribution is 5.96. The van der Waals surface area contributed by atoms with E-state index in [2.05, 4.69) is 19.7 Å². The van der Waals surface area contributed by atoms with Crippen LogP contribution < -0.4 is 4.90 Å². The van der Waals surface area contributed by atoms with Gasteiger partial charge in [-0.2, -0.15) is 0 Å². The molecule has 0 aliphatic carbocycles. The molecular formula is C21H26N6O4. The number of carbonyl (C=O) groups is 1. The molecule has 1 unspecified atom stereocenters. The second-order valence-electron chi connectivity index (χ2n) is 8.38. The van der Waals surface area contributed by atoms with Crippen molar-refractivity contribution in [1.29, 1.82) is 0 Å². The fourth-order valence-corrected chi connectivity index (χ4v) is 4.90. The van der Waals surface area contributed by atoms with E-state index in [4.69, 9.17) is 4.74 Å². The zero-order valence-corrected chi connectivity index (χ0v) is 17.4. The molecule has 1 amide bonds. The van der Waals surface area contributed by atoms with Crippen LogP contribution in [-0.4, -0.2) is 69.9 Å². The van der Waals surface area contributed by atoms with Gasteiger partial charge in [-0.1, -0.05) is 0 Å². The van der Waals surface area contributed by atoms with Crippen LogP contribution in [0.3, 0.4) is 0 Å². The first kappa shape index (κ1) is 19.9. The summed E-state index contributed by atoms with van der Waals surface area (Å²) in [6, 6.07) is 4.85. The molecule has 31 heavy (non-hydrogen) atoms. The Labute approximate surface area is 179 Å². The van der Waals surface area contributed by atoms with Crippen LogP contribution in [-0.2, 0) is 17.7 Å². The number of morpholine rings is 1. The Balaban J connectivity index is 1.39. The van der Waals surface area contributed by atoms with Crippen molar-refractivity contribution in [2.24, 2.45) is 0 Å². The number of ether oxygens (including phenoxy) is 1. The summed E-state index contributed by atoms with van der Waals surface area (Å²) in [5, 5.41) is 20.6. The molecule has 5 rings (SSSR count). The molecule has 1 atom stereocenters. The maximum Gasteiger partial charge on any atom is 0.293 e. The second kappa shape index (κ2) is 8.26. The van der Waals surface area contributed by atoms with Crippen LogP contribution in [0, 0.1) is 10.1 Å². The lowest BCUT2D eigenvalue weighted by Crippen LogP contribution is -2.40. The molecule has 0 saturated carbocycles. The Morgan fingerprint density at radius 3 is 2.77 bits per heavy atom. The minimum Gasteiger partial charge on any atom is -0.378 e. The standard InChI is InChI=1S/C21H26N6O4/c28-21(24-9-11-31-12-10-24)15-5-6-17(18(13-15)27(29)30)25-7-1-3-16(14-25)20-23-22-19-4-2-8-26(19)20/h5-6,13,16H,1-4,7-12,14H2. The quantitative estimate of drug-likeness (QED) is 0.544. The Kier molecular flexibility index (Phi) is 5.31. The number of benzene rings is 1. The van der Waals surface area contributed by atoms with E-state index in [0.717, 1.165) is 50.4 Å². The van der Waals surface area contributed by atoms with E-state index in [1.807, 2.05) is 0 Å². The topological polar surface area (TPSA) is 107 Å². The molecule has 10 heteroatoms. The third-order valence-electron chi connectivity index (χ3n) is 6.48. The van der Waals surface area contributed by atoms with Gasteiger partial charge < -0.3 is 19.1 Å². The number of piperidine rings is 1. The summed E-state index contributed by atoms with van der Waals surface area (Å²) >= 11 is 0. The number of amides is 1. The minimum atomic E-state index is -0.385. The average molecular weight is 426 g/mol. The van der Waals surface area contributed by atoms with E-state index in [0.29, 0.717) is 44.1 Å². The number of hydrogen-bond donors (Lipinski definition) is 0. The van der Waals surface area contributed by atoms with Crippen LogP contribution in [0.4, 0.5) is 11.4 Å². The lowest BCUT2D eigenvalue weighted by atomic mass is 9.96. The lowest BCUT2D eigenvalue weighted by molar-refractivity contribution is -0.384. The first-order valence-corrected chi connectivity index (χ1v) is 10.9. The number of hydrogen-bond acceptors (Lipinski definition) is 7. The van der Waals surface area contributed by atoms with E-state index in [1.54, 1.807) is 17.0 Å². The van der Waals surface area contributed by atoms with Gasteiger partial charge in [0.25, 0.3) is 11.6 Å². The molecule has 1 aromatic carbocycles. The first-order chi connectivity index (χ1) is 15.1. The first-order valence-electron chi connectivity index (χ1n) is 10.9. The largest absolute Gasteiger partial charge is 0.378 e. The zero-order valence-electron chi connectivity index (χ0n) is 17.4. The molecule has 0 bridgehead atoms. The van der Waals surface area contributed by atoms with E-state index < -0.39 is 0 Å². The highest BCUT2D eigenvalue weighted by atomic mass is 16.6. The van der Waals surface area contributed by atoms with Gasteiger partial charge in [-0.25, -0.2) is 0 Å². The van der Waals surface area contributed by atoms with Crippen molar-refractivity contribution < 1.29 is 14.5 Å². The number of anilines is 1. The van der Waals surface area contributed by atoms with Gasteiger partial charge >= 0.3 is 0 Å². The zero-order chi connectivity index (χ0) is 21.4. The molecule has 2 fully saturated rings. The van der Waals surface area contributed by atoms with Crippen LogP contribution in [0.2, 0.25) is 0 Å². The Bertz CT molecular complexity index is 1000. The molecule has 1 aromatic heterocycles. The van der Waals surface area contributed by atoms with E-state index in [-0.39, 0.29) is 22.4 Å². The number of aromatic nitrogens is 3. The van der Waals surface area contributed by atoms with Crippen molar-refractivity contribution in [2.75, 3.05) is 44.3 Å². The van der Waals surface area contributed by atoms with Gasteiger partial charge in [0.05, 0.1) is 18.1 Å². The molecule has 0 N–H and O–H groups in total. The van der Waals surface area contributed by atoms with Crippen molar-refractivity contribution in [3.8, 4) is 0 Å². The van der Waals surface area contributed by atoms with Gasteiger partial charge in [0.15, 0.2) is 0 Å². The lowest BCUT2D eigenvalue weighted by Gasteiger charge is -2.33. The fourth-order valence-electron chi connectivity index (χ4n) is 4.90. The van der Waals surface area contributed by atoms with Gasteiger partial charge in [0, 0.05) is 56.7 Å². The Morgan fingerprint density at radius 1 is 1.13 bits per heavy atom. The summed E-state index contributed by atoms with van der Waals surface area (Å²) in [5.74, 6) is 2.05. The molecule has 0 radical (unpaired) electrons. The van der Waals surface area contributed by atoms with E-state index in [9.17, 15) is 14.9 Å². The SMILES string of the molecule is O=C(c1ccc(N2CCCC(c3nnc4n3CCC4)C2)c([N+](=O)[O-])c1)N1CCOCC1. The minimum absolute atomic E-state index is 0.0220. The smallest absolute Gasteiger partial charge is 0.293 e. The van der Waals surface area contributed by atoms with Crippen LogP contribution >= 0.6 is 0 Å². The molecule has 164 valence electrons. The van der Waals surface area contributed by atoms with Crippen molar-refractivity contribution in [2.45, 2.75) is 38.1 Å². The van der Waals surface area contributed by atoms with Crippen LogP contribution in [0.25, 0.3) is 0 Å². The average Bonchev–Trinajstić information content (AvgIpc) is 3.43. The van der Waals surface area contributed by atoms with Gasteiger partial charge in [-0.15, -0.1) is 10.2 Å². The number of nitro groups is 1. The summed E-state index contributed by atoms with van der Waals surface area (Å²) in [4.78, 5) is 28.0. The van der Waals surface area contributed by atoms with Crippen molar-refractivity contribution in [3.05, 3.63) is 45.5 Å². The summed E-state index contributed by atoms with van der Waals surface area (Å²) in [5.41, 5.74) is 0.891. The second-order valence-corrected chi connectivity index (χ2v) is 8.38. The third kappa shape index (κ3) is 3.76. The molecular weight excluding hydrogens is 400 g/mol. The van der Waals surface area contributed by atoms with Gasteiger partial charge in [-0.05, 0) is 31.4 Å².